The van der Waals surface area contributed by atoms with Crippen LogP contribution < -0.4 is 10.0 Å². The van der Waals surface area contributed by atoms with Gasteiger partial charge in [0.15, 0.2) is 5.82 Å². The first kappa shape index (κ1) is 17.5. The molecule has 0 unspecified atom stereocenters. The van der Waals surface area contributed by atoms with Crippen molar-refractivity contribution >= 4 is 50.5 Å². The average Bonchev–Trinajstić information content (AvgIpc) is 2.96. The fraction of sp³-hybridized carbons (Fsp3) is 0.0667. The van der Waals surface area contributed by atoms with Crippen LogP contribution >= 0.6 is 23.2 Å². The Kier molecular flexibility index (Phi) is 4.85. The summed E-state index contributed by atoms with van der Waals surface area (Å²) in [6, 6.07) is 8.95. The van der Waals surface area contributed by atoms with Crippen LogP contribution in [0.25, 0.3) is 0 Å². The summed E-state index contributed by atoms with van der Waals surface area (Å²) >= 11 is 11.7. The molecule has 7 nitrogen and oxygen atoms in total. The molecule has 10 heteroatoms. The number of halogens is 2. The second-order valence-corrected chi connectivity index (χ2v) is 7.56. The molecule has 0 aliphatic heterocycles. The molecule has 3 rings (SSSR count). The minimum Gasteiger partial charge on any atom is -0.360 e. The first-order valence-electron chi connectivity index (χ1n) is 6.98. The van der Waals surface area contributed by atoms with Gasteiger partial charge in [-0.1, -0.05) is 28.4 Å². The van der Waals surface area contributed by atoms with Gasteiger partial charge in [-0.3, -0.25) is 4.72 Å². The number of hydrogen-bond acceptors (Lipinski definition) is 6. The summed E-state index contributed by atoms with van der Waals surface area (Å²) in [5.41, 5.74) is 0.299. The Morgan fingerprint density at radius 3 is 2.44 bits per heavy atom. The zero-order chi connectivity index (χ0) is 18.0. The lowest BCUT2D eigenvalue weighted by atomic mass is 10.4. The van der Waals surface area contributed by atoms with Crippen LogP contribution in [-0.4, -0.2) is 18.6 Å². The van der Waals surface area contributed by atoms with E-state index in [4.69, 9.17) is 27.7 Å². The molecule has 2 N–H and O–H groups in total. The normalized spacial score (nSPS) is 11.3. The number of rotatable bonds is 5. The molecule has 0 aliphatic rings. The van der Waals surface area contributed by atoms with Gasteiger partial charge >= 0.3 is 0 Å². The topological polar surface area (TPSA) is 97.1 Å². The number of nitrogens with zero attached hydrogens (tertiary/aromatic N) is 2. The first-order chi connectivity index (χ1) is 11.8. The number of aryl methyl sites for hydroxylation is 1. The van der Waals surface area contributed by atoms with Crippen molar-refractivity contribution in [3.8, 4) is 0 Å². The fourth-order valence-corrected chi connectivity index (χ4v) is 3.37. The van der Waals surface area contributed by atoms with Gasteiger partial charge in [0.2, 0.25) is 0 Å². The SMILES string of the molecule is Cc1cc(Nc2ccc(NS(=O)(=O)c3ccc(Cl)c(Cl)c3)cn2)no1. The summed E-state index contributed by atoms with van der Waals surface area (Å²) in [5.74, 6) is 1.66. The van der Waals surface area contributed by atoms with Crippen molar-refractivity contribution in [3.63, 3.8) is 0 Å². The Hall–Kier alpha value is -2.29. The molecule has 0 saturated heterocycles. The Labute approximate surface area is 154 Å². The van der Waals surface area contributed by atoms with E-state index >= 15 is 0 Å². The second kappa shape index (κ2) is 6.91. The van der Waals surface area contributed by atoms with E-state index < -0.39 is 10.0 Å². The monoisotopic (exact) mass is 398 g/mol. The van der Waals surface area contributed by atoms with E-state index in [-0.39, 0.29) is 14.9 Å². The Balaban J connectivity index is 1.74. The first-order valence-corrected chi connectivity index (χ1v) is 9.22. The predicted octanol–water partition coefficient (Wildman–Crippen LogP) is 4.23. The molecule has 0 saturated carbocycles. The molecule has 0 aliphatic carbocycles. The molecule has 130 valence electrons. The van der Waals surface area contributed by atoms with Crippen molar-refractivity contribution in [1.82, 2.24) is 10.1 Å². The minimum atomic E-state index is -3.80. The van der Waals surface area contributed by atoms with Crippen LogP contribution in [0.3, 0.4) is 0 Å². The fourth-order valence-electron chi connectivity index (χ4n) is 1.94. The van der Waals surface area contributed by atoms with Gasteiger partial charge in [-0.25, -0.2) is 13.4 Å². The Morgan fingerprint density at radius 1 is 1.04 bits per heavy atom. The number of pyridine rings is 1. The van der Waals surface area contributed by atoms with Crippen molar-refractivity contribution in [2.45, 2.75) is 11.8 Å². The molecule has 0 bridgehead atoms. The molecule has 0 amide bonds. The number of nitrogens with one attached hydrogen (secondary N) is 2. The van der Waals surface area contributed by atoms with E-state index in [1.54, 1.807) is 25.1 Å². The van der Waals surface area contributed by atoms with E-state index in [1.165, 1.54) is 24.4 Å². The van der Waals surface area contributed by atoms with Crippen LogP contribution in [0, 0.1) is 6.92 Å². The third kappa shape index (κ3) is 4.22. The molecule has 0 fully saturated rings. The maximum atomic E-state index is 12.4. The van der Waals surface area contributed by atoms with E-state index in [0.29, 0.717) is 23.1 Å². The molecule has 2 aromatic heterocycles. The van der Waals surface area contributed by atoms with Gasteiger partial charge in [-0.2, -0.15) is 0 Å². The number of anilines is 3. The zero-order valence-corrected chi connectivity index (χ0v) is 15.2. The van der Waals surface area contributed by atoms with E-state index in [0.717, 1.165) is 0 Å². The maximum absolute atomic E-state index is 12.4. The van der Waals surface area contributed by atoms with E-state index in [2.05, 4.69) is 20.2 Å². The summed E-state index contributed by atoms with van der Waals surface area (Å²) in [6.45, 7) is 1.77. The molecule has 0 atom stereocenters. The largest absolute Gasteiger partial charge is 0.360 e. The van der Waals surface area contributed by atoms with Gasteiger partial charge in [0.05, 0.1) is 26.8 Å². The second-order valence-electron chi connectivity index (χ2n) is 5.06. The van der Waals surface area contributed by atoms with Gasteiger partial charge in [-0.05, 0) is 37.3 Å². The van der Waals surface area contributed by atoms with Gasteiger partial charge in [0, 0.05) is 6.07 Å². The lowest BCUT2D eigenvalue weighted by Gasteiger charge is -2.09. The van der Waals surface area contributed by atoms with Crippen LogP contribution in [0.15, 0.2) is 52.0 Å². The highest BCUT2D eigenvalue weighted by molar-refractivity contribution is 7.92. The molecular weight excluding hydrogens is 387 g/mol. The number of aromatic nitrogens is 2. The van der Waals surface area contributed by atoms with E-state index in [9.17, 15) is 8.42 Å². The predicted molar refractivity (Wildman–Crippen MR) is 96.0 cm³/mol. The van der Waals surface area contributed by atoms with Crippen LogP contribution in [0.2, 0.25) is 10.0 Å². The number of hydrogen-bond donors (Lipinski definition) is 2. The summed E-state index contributed by atoms with van der Waals surface area (Å²) in [6.07, 6.45) is 1.38. The molecule has 1 aromatic carbocycles. The molecular formula is C15H12Cl2N4O3S. The smallest absolute Gasteiger partial charge is 0.261 e. The molecule has 0 spiro atoms. The lowest BCUT2D eigenvalue weighted by Crippen LogP contribution is -2.13. The minimum absolute atomic E-state index is 0.00201. The van der Waals surface area contributed by atoms with Crippen molar-refractivity contribution in [2.75, 3.05) is 10.0 Å². The third-order valence-corrected chi connectivity index (χ3v) is 5.22. The van der Waals surface area contributed by atoms with Gasteiger partial charge < -0.3 is 9.84 Å². The summed E-state index contributed by atoms with van der Waals surface area (Å²) in [4.78, 5) is 4.13. The van der Waals surface area contributed by atoms with Crippen molar-refractivity contribution in [1.29, 1.82) is 0 Å². The zero-order valence-electron chi connectivity index (χ0n) is 12.8. The quantitative estimate of drug-likeness (QED) is 0.667. The van der Waals surface area contributed by atoms with Gasteiger partial charge in [0.25, 0.3) is 10.0 Å². The average molecular weight is 399 g/mol. The van der Waals surface area contributed by atoms with Crippen LogP contribution in [0.5, 0.6) is 0 Å². The highest BCUT2D eigenvalue weighted by atomic mass is 35.5. The summed E-state index contributed by atoms with van der Waals surface area (Å²) in [5, 5.41) is 7.16. The third-order valence-electron chi connectivity index (χ3n) is 3.10. The highest BCUT2D eigenvalue weighted by Crippen LogP contribution is 2.26. The van der Waals surface area contributed by atoms with Crippen LogP contribution in [-0.2, 0) is 10.0 Å². The highest BCUT2D eigenvalue weighted by Gasteiger charge is 2.16. The lowest BCUT2D eigenvalue weighted by molar-refractivity contribution is 0.400. The molecule has 3 aromatic rings. The van der Waals surface area contributed by atoms with Crippen molar-refractivity contribution in [3.05, 3.63) is 58.4 Å². The molecule has 2 heterocycles. The van der Waals surface area contributed by atoms with Crippen molar-refractivity contribution < 1.29 is 12.9 Å². The maximum Gasteiger partial charge on any atom is 0.261 e. The number of sulfonamides is 1. The van der Waals surface area contributed by atoms with Crippen molar-refractivity contribution in [2.24, 2.45) is 0 Å². The summed E-state index contributed by atoms with van der Waals surface area (Å²) < 4.78 is 32.1. The van der Waals surface area contributed by atoms with E-state index in [1.807, 2.05) is 0 Å². The van der Waals surface area contributed by atoms with Gasteiger partial charge in [-0.15, -0.1) is 0 Å². The number of benzene rings is 1. The van der Waals surface area contributed by atoms with Crippen LogP contribution in [0.4, 0.5) is 17.3 Å². The molecule has 25 heavy (non-hydrogen) atoms. The standard InChI is InChI=1S/C15H12Cl2N4O3S/c1-9-6-15(20-24-9)19-14-5-2-10(8-18-14)21-25(22,23)11-3-4-12(16)13(17)7-11/h2-8,21H,1H3,(H,18,19,20). The summed E-state index contributed by atoms with van der Waals surface area (Å²) in [7, 11) is -3.80. The van der Waals surface area contributed by atoms with Crippen LogP contribution in [0.1, 0.15) is 5.76 Å². The Bertz CT molecular complexity index is 1000. The Morgan fingerprint density at radius 2 is 1.84 bits per heavy atom. The molecule has 0 radical (unpaired) electrons. The van der Waals surface area contributed by atoms with Gasteiger partial charge in [0.1, 0.15) is 11.6 Å².